The van der Waals surface area contributed by atoms with E-state index in [-0.39, 0.29) is 11.2 Å². The number of Topliss-reactive ketones (excluding diaryl/α,β-unsaturated/α-hetero) is 1. The number of nitrogens with zero attached hydrogens (tertiary/aromatic N) is 4. The zero-order chi connectivity index (χ0) is 23.7. The van der Waals surface area contributed by atoms with Gasteiger partial charge in [-0.25, -0.2) is 4.98 Å². The number of nitrogens with one attached hydrogen (secondary N) is 1. The van der Waals surface area contributed by atoms with Crippen LogP contribution in [0.3, 0.4) is 0 Å². The summed E-state index contributed by atoms with van der Waals surface area (Å²) >= 11 is 0. The lowest BCUT2D eigenvalue weighted by Crippen LogP contribution is -2.47. The number of anilines is 4. The number of ketones is 1. The van der Waals surface area contributed by atoms with Crippen molar-refractivity contribution in [2.75, 3.05) is 48.4 Å². The SMILES string of the molecule is COc1cccc(N2CCN(c3nc4c(c(Nc5ccccc5)n3)C(=O)CC(C)(C)C4)CC2)c1. The Morgan fingerprint density at radius 2 is 1.65 bits per heavy atom. The van der Waals surface area contributed by atoms with Gasteiger partial charge in [-0.15, -0.1) is 0 Å². The highest BCUT2D eigenvalue weighted by Gasteiger charge is 2.35. The molecular formula is C27H31N5O2. The van der Waals surface area contributed by atoms with Crippen LogP contribution in [0.1, 0.15) is 36.3 Å². The molecule has 3 aromatic rings. The van der Waals surface area contributed by atoms with E-state index >= 15 is 0 Å². The molecule has 1 aromatic heterocycles. The molecule has 1 aliphatic carbocycles. The van der Waals surface area contributed by atoms with Gasteiger partial charge >= 0.3 is 0 Å². The first-order valence-electron chi connectivity index (χ1n) is 11.8. The van der Waals surface area contributed by atoms with Crippen molar-refractivity contribution in [3.8, 4) is 5.75 Å². The highest BCUT2D eigenvalue weighted by Crippen LogP contribution is 2.38. The molecule has 0 radical (unpaired) electrons. The summed E-state index contributed by atoms with van der Waals surface area (Å²) in [7, 11) is 1.69. The van der Waals surface area contributed by atoms with Crippen LogP contribution in [-0.2, 0) is 6.42 Å². The second-order valence-electron chi connectivity index (χ2n) is 9.80. The number of rotatable bonds is 5. The molecule has 7 heteroatoms. The fraction of sp³-hybridized carbons (Fsp3) is 0.370. The number of hydrogen-bond donors (Lipinski definition) is 1. The fourth-order valence-electron chi connectivity index (χ4n) is 4.82. The number of fused-ring (bicyclic) bond motifs is 1. The van der Waals surface area contributed by atoms with E-state index in [1.165, 1.54) is 0 Å². The van der Waals surface area contributed by atoms with Crippen molar-refractivity contribution in [3.05, 3.63) is 65.9 Å². The van der Waals surface area contributed by atoms with Crippen LogP contribution in [-0.4, -0.2) is 49.0 Å². The molecule has 1 fully saturated rings. The number of benzene rings is 2. The summed E-state index contributed by atoms with van der Waals surface area (Å²) in [5.74, 6) is 2.27. The first kappa shape index (κ1) is 22.2. The predicted molar refractivity (Wildman–Crippen MR) is 136 cm³/mol. The zero-order valence-corrected chi connectivity index (χ0v) is 20.0. The number of methoxy groups -OCH3 is 1. The number of carbonyl (C=O) groups is 1. The van der Waals surface area contributed by atoms with Crippen molar-refractivity contribution < 1.29 is 9.53 Å². The lowest BCUT2D eigenvalue weighted by molar-refractivity contribution is 0.0911. The molecule has 1 aliphatic heterocycles. The maximum absolute atomic E-state index is 13.1. The van der Waals surface area contributed by atoms with Gasteiger partial charge in [-0.2, -0.15) is 4.98 Å². The molecule has 34 heavy (non-hydrogen) atoms. The van der Waals surface area contributed by atoms with Gasteiger partial charge in [-0.1, -0.05) is 38.1 Å². The Balaban J connectivity index is 1.43. The lowest BCUT2D eigenvalue weighted by atomic mass is 9.75. The lowest BCUT2D eigenvalue weighted by Gasteiger charge is -2.37. The molecule has 1 saturated heterocycles. The summed E-state index contributed by atoms with van der Waals surface area (Å²) in [5, 5.41) is 3.39. The van der Waals surface area contributed by atoms with Crippen LogP contribution in [0.4, 0.5) is 23.1 Å². The molecular weight excluding hydrogens is 426 g/mol. The first-order chi connectivity index (χ1) is 16.4. The van der Waals surface area contributed by atoms with Crippen molar-refractivity contribution >= 4 is 28.9 Å². The Labute approximate surface area is 200 Å². The molecule has 2 aromatic carbocycles. The molecule has 176 valence electrons. The Morgan fingerprint density at radius 3 is 2.38 bits per heavy atom. The van der Waals surface area contributed by atoms with Crippen LogP contribution in [0.25, 0.3) is 0 Å². The summed E-state index contributed by atoms with van der Waals surface area (Å²) in [6.45, 7) is 7.59. The largest absolute Gasteiger partial charge is 0.497 e. The van der Waals surface area contributed by atoms with E-state index < -0.39 is 0 Å². The molecule has 5 rings (SSSR count). The molecule has 0 spiro atoms. The van der Waals surface area contributed by atoms with Gasteiger partial charge in [0.25, 0.3) is 0 Å². The van der Waals surface area contributed by atoms with E-state index in [0.717, 1.165) is 55.4 Å². The zero-order valence-electron chi connectivity index (χ0n) is 20.0. The number of para-hydroxylation sites is 1. The van der Waals surface area contributed by atoms with Gasteiger partial charge < -0.3 is 19.9 Å². The highest BCUT2D eigenvalue weighted by molar-refractivity contribution is 6.03. The molecule has 1 N–H and O–H groups in total. The molecule has 0 bridgehead atoms. The minimum Gasteiger partial charge on any atom is -0.497 e. The van der Waals surface area contributed by atoms with Crippen LogP contribution in [0.2, 0.25) is 0 Å². The smallest absolute Gasteiger partial charge is 0.227 e. The molecule has 0 saturated carbocycles. The van der Waals surface area contributed by atoms with Gasteiger partial charge in [0.1, 0.15) is 11.6 Å². The number of ether oxygens (including phenoxy) is 1. The van der Waals surface area contributed by atoms with Crippen LogP contribution in [0, 0.1) is 5.41 Å². The Bertz CT molecular complexity index is 1190. The van der Waals surface area contributed by atoms with Crippen LogP contribution >= 0.6 is 0 Å². The van der Waals surface area contributed by atoms with E-state index in [9.17, 15) is 4.79 Å². The second kappa shape index (κ2) is 8.97. The Kier molecular flexibility index (Phi) is 5.86. The predicted octanol–water partition coefficient (Wildman–Crippen LogP) is 4.71. The number of piperazine rings is 1. The maximum atomic E-state index is 13.1. The van der Waals surface area contributed by atoms with E-state index in [1.54, 1.807) is 7.11 Å². The van der Waals surface area contributed by atoms with Crippen LogP contribution < -0.4 is 19.9 Å². The summed E-state index contributed by atoms with van der Waals surface area (Å²) in [6, 6.07) is 18.1. The van der Waals surface area contributed by atoms with E-state index in [4.69, 9.17) is 14.7 Å². The van der Waals surface area contributed by atoms with Crippen LogP contribution in [0.15, 0.2) is 54.6 Å². The van der Waals surface area contributed by atoms with Crippen molar-refractivity contribution in [1.82, 2.24) is 9.97 Å². The van der Waals surface area contributed by atoms with Crippen molar-refractivity contribution in [3.63, 3.8) is 0 Å². The minimum atomic E-state index is -0.106. The third-order valence-electron chi connectivity index (χ3n) is 6.55. The Morgan fingerprint density at radius 1 is 0.912 bits per heavy atom. The van der Waals surface area contributed by atoms with Crippen LogP contribution in [0.5, 0.6) is 5.75 Å². The fourth-order valence-corrected chi connectivity index (χ4v) is 4.82. The second-order valence-corrected chi connectivity index (χ2v) is 9.80. The summed E-state index contributed by atoms with van der Waals surface area (Å²) in [4.78, 5) is 27.5. The minimum absolute atomic E-state index is 0.106. The summed E-state index contributed by atoms with van der Waals surface area (Å²) in [5.41, 5.74) is 3.45. The van der Waals surface area contributed by atoms with Crippen molar-refractivity contribution in [1.29, 1.82) is 0 Å². The third kappa shape index (κ3) is 4.55. The molecule has 7 nitrogen and oxygen atoms in total. The summed E-state index contributed by atoms with van der Waals surface area (Å²) < 4.78 is 5.38. The molecule has 2 heterocycles. The number of carbonyl (C=O) groups excluding carboxylic acids is 1. The maximum Gasteiger partial charge on any atom is 0.227 e. The van der Waals surface area contributed by atoms with E-state index in [2.05, 4.69) is 41.1 Å². The quantitative estimate of drug-likeness (QED) is 0.595. The number of aromatic nitrogens is 2. The molecule has 0 amide bonds. The average molecular weight is 458 g/mol. The Hall–Kier alpha value is -3.61. The van der Waals surface area contributed by atoms with Gasteiger partial charge in [-0.3, -0.25) is 4.79 Å². The van der Waals surface area contributed by atoms with E-state index in [0.29, 0.717) is 23.8 Å². The molecule has 0 atom stereocenters. The monoisotopic (exact) mass is 457 g/mol. The van der Waals surface area contributed by atoms with E-state index in [1.807, 2.05) is 42.5 Å². The van der Waals surface area contributed by atoms with Gasteiger partial charge in [0.05, 0.1) is 18.4 Å². The topological polar surface area (TPSA) is 70.6 Å². The van der Waals surface area contributed by atoms with Crippen molar-refractivity contribution in [2.45, 2.75) is 26.7 Å². The van der Waals surface area contributed by atoms with Gasteiger partial charge in [0.2, 0.25) is 5.95 Å². The standard InChI is InChI=1S/C27H31N5O2/c1-27(2)17-22-24(23(33)18-27)25(28-19-8-5-4-6-9-19)30-26(29-22)32-14-12-31(13-15-32)20-10-7-11-21(16-20)34-3/h4-11,16H,12-15,17-18H2,1-3H3,(H,28,29,30). The molecule has 0 unspecified atom stereocenters. The third-order valence-corrected chi connectivity index (χ3v) is 6.55. The van der Waals surface area contributed by atoms with Gasteiger partial charge in [0.15, 0.2) is 5.78 Å². The summed E-state index contributed by atoms with van der Waals surface area (Å²) in [6.07, 6.45) is 1.27. The van der Waals surface area contributed by atoms with Crippen molar-refractivity contribution in [2.24, 2.45) is 5.41 Å². The number of hydrogen-bond acceptors (Lipinski definition) is 7. The highest BCUT2D eigenvalue weighted by atomic mass is 16.5. The normalized spacial score (nSPS) is 17.3. The van der Waals surface area contributed by atoms with Gasteiger partial charge in [-0.05, 0) is 36.1 Å². The first-order valence-corrected chi connectivity index (χ1v) is 11.8. The average Bonchev–Trinajstić information content (AvgIpc) is 2.83. The molecule has 2 aliphatic rings. The van der Waals surface area contributed by atoms with Gasteiger partial charge in [0, 0.05) is 50.0 Å².